The third-order valence-corrected chi connectivity index (χ3v) is 7.10. The summed E-state index contributed by atoms with van der Waals surface area (Å²) in [6.07, 6.45) is 2.13. The first kappa shape index (κ1) is 23.7. The fraction of sp³-hybridized carbons (Fsp3) is 0.350. The van der Waals surface area contributed by atoms with E-state index >= 15 is 0 Å². The van der Waals surface area contributed by atoms with Crippen molar-refractivity contribution in [3.05, 3.63) is 53.6 Å². The molecule has 0 bridgehead atoms. The molecule has 164 valence electrons. The third-order valence-electron chi connectivity index (χ3n) is 4.67. The number of anilines is 3. The lowest BCUT2D eigenvalue weighted by Gasteiger charge is -2.30. The molecule has 2 rings (SSSR count). The molecule has 0 saturated heterocycles. The zero-order valence-electron chi connectivity index (χ0n) is 17.9. The van der Waals surface area contributed by atoms with Gasteiger partial charge in [-0.25, -0.2) is 16.8 Å². The summed E-state index contributed by atoms with van der Waals surface area (Å²) in [5, 5.41) is 2.68. The maximum Gasteiger partial charge on any atom is 0.247 e. The fourth-order valence-electron chi connectivity index (χ4n) is 2.96. The molecule has 0 radical (unpaired) electrons. The fourth-order valence-corrected chi connectivity index (χ4v) is 4.68. The molecule has 0 aliphatic rings. The van der Waals surface area contributed by atoms with E-state index in [-0.39, 0.29) is 0 Å². The lowest BCUT2D eigenvalue weighted by molar-refractivity contribution is -0.116. The van der Waals surface area contributed by atoms with Gasteiger partial charge in [-0.1, -0.05) is 18.2 Å². The Morgan fingerprint density at radius 3 is 2.17 bits per heavy atom. The summed E-state index contributed by atoms with van der Waals surface area (Å²) in [7, 11) is -5.80. The van der Waals surface area contributed by atoms with Crippen LogP contribution in [0.3, 0.4) is 0 Å². The van der Waals surface area contributed by atoms with Crippen LogP contribution in [0.5, 0.6) is 0 Å². The van der Waals surface area contributed by atoms with Crippen LogP contribution in [0, 0.1) is 13.8 Å². The second-order valence-electron chi connectivity index (χ2n) is 7.29. The Morgan fingerprint density at radius 2 is 1.60 bits per heavy atom. The second kappa shape index (κ2) is 8.65. The standard InChI is InChI=1S/C20H27N3O5S2/c1-14-10-11-15(2)19(12-14)23(30(6,27)28)16(3)20(24)21-17-8-7-9-18(13-17)22(4)29(5,25)26/h7-13,16H,1-6H3,(H,21,24)/t16-/m1/s1. The number of rotatable bonds is 7. The molecule has 2 aromatic rings. The quantitative estimate of drug-likeness (QED) is 0.694. The van der Waals surface area contributed by atoms with Gasteiger partial charge in [0.25, 0.3) is 0 Å². The molecule has 1 atom stereocenters. The van der Waals surface area contributed by atoms with Gasteiger partial charge in [0.05, 0.1) is 23.9 Å². The van der Waals surface area contributed by atoms with Crippen molar-refractivity contribution >= 4 is 43.0 Å². The molecule has 30 heavy (non-hydrogen) atoms. The molecule has 10 heteroatoms. The lowest BCUT2D eigenvalue weighted by Crippen LogP contribution is -2.45. The van der Waals surface area contributed by atoms with Crippen LogP contribution in [0.15, 0.2) is 42.5 Å². The minimum Gasteiger partial charge on any atom is -0.324 e. The Balaban J connectivity index is 2.36. The summed E-state index contributed by atoms with van der Waals surface area (Å²) < 4.78 is 50.7. The third kappa shape index (κ3) is 5.51. The number of benzene rings is 2. The Labute approximate surface area is 178 Å². The summed E-state index contributed by atoms with van der Waals surface area (Å²) in [6.45, 7) is 5.13. The highest BCUT2D eigenvalue weighted by atomic mass is 32.2. The molecule has 1 N–H and O–H groups in total. The predicted octanol–water partition coefficient (Wildman–Crippen LogP) is 2.49. The maximum absolute atomic E-state index is 12.9. The topological polar surface area (TPSA) is 104 Å². The number of amides is 1. The van der Waals surface area contributed by atoms with Crippen LogP contribution < -0.4 is 13.9 Å². The molecule has 0 saturated carbocycles. The van der Waals surface area contributed by atoms with Gasteiger partial charge >= 0.3 is 0 Å². The van der Waals surface area contributed by atoms with Crippen LogP contribution in [0.2, 0.25) is 0 Å². The average Bonchev–Trinajstić information content (AvgIpc) is 2.62. The van der Waals surface area contributed by atoms with Gasteiger partial charge < -0.3 is 5.32 Å². The molecule has 0 unspecified atom stereocenters. The van der Waals surface area contributed by atoms with E-state index in [9.17, 15) is 21.6 Å². The summed E-state index contributed by atoms with van der Waals surface area (Å²) in [6, 6.07) is 10.7. The first-order chi connectivity index (χ1) is 13.7. The molecule has 2 aromatic carbocycles. The molecule has 0 fully saturated rings. The van der Waals surface area contributed by atoms with E-state index in [0.717, 1.165) is 32.2 Å². The number of aryl methyl sites for hydroxylation is 2. The van der Waals surface area contributed by atoms with Crippen molar-refractivity contribution in [2.45, 2.75) is 26.8 Å². The summed E-state index contributed by atoms with van der Waals surface area (Å²) in [4.78, 5) is 12.9. The smallest absolute Gasteiger partial charge is 0.247 e. The van der Waals surface area contributed by atoms with Crippen molar-refractivity contribution in [2.24, 2.45) is 0 Å². The van der Waals surface area contributed by atoms with Gasteiger partial charge in [0.15, 0.2) is 0 Å². The number of hydrogen-bond acceptors (Lipinski definition) is 5. The van der Waals surface area contributed by atoms with E-state index in [1.54, 1.807) is 37.3 Å². The number of sulfonamides is 2. The highest BCUT2D eigenvalue weighted by Crippen LogP contribution is 2.27. The van der Waals surface area contributed by atoms with Crippen molar-refractivity contribution in [3.63, 3.8) is 0 Å². The minimum absolute atomic E-state index is 0.356. The highest BCUT2D eigenvalue weighted by Gasteiger charge is 2.30. The SMILES string of the molecule is Cc1ccc(C)c(N([C@H](C)C(=O)Nc2cccc(N(C)S(C)(=O)=O)c2)S(C)(=O)=O)c1. The van der Waals surface area contributed by atoms with Gasteiger partial charge in [-0.05, 0) is 56.2 Å². The predicted molar refractivity (Wildman–Crippen MR) is 121 cm³/mol. The number of hydrogen-bond donors (Lipinski definition) is 1. The van der Waals surface area contributed by atoms with Crippen LogP contribution >= 0.6 is 0 Å². The number of nitrogens with zero attached hydrogens (tertiary/aromatic N) is 2. The summed E-state index contributed by atoms with van der Waals surface area (Å²) >= 11 is 0. The largest absolute Gasteiger partial charge is 0.324 e. The second-order valence-corrected chi connectivity index (χ2v) is 11.2. The zero-order valence-corrected chi connectivity index (χ0v) is 19.5. The van der Waals surface area contributed by atoms with Crippen molar-refractivity contribution in [1.82, 2.24) is 0 Å². The van der Waals surface area contributed by atoms with Crippen molar-refractivity contribution in [2.75, 3.05) is 33.5 Å². The number of nitrogens with one attached hydrogen (secondary N) is 1. The van der Waals surface area contributed by atoms with Gasteiger partial charge in [0, 0.05) is 12.7 Å². The Hall–Kier alpha value is -2.59. The van der Waals surface area contributed by atoms with E-state index in [0.29, 0.717) is 17.1 Å². The first-order valence-electron chi connectivity index (χ1n) is 9.13. The van der Waals surface area contributed by atoms with E-state index in [2.05, 4.69) is 5.32 Å². The summed E-state index contributed by atoms with van der Waals surface area (Å²) in [5.74, 6) is -0.541. The minimum atomic E-state index is -3.75. The number of carbonyl (C=O) groups is 1. The van der Waals surface area contributed by atoms with Crippen molar-refractivity contribution < 1.29 is 21.6 Å². The average molecular weight is 454 g/mol. The van der Waals surface area contributed by atoms with Gasteiger partial charge in [0.2, 0.25) is 26.0 Å². The molecule has 0 aliphatic carbocycles. The van der Waals surface area contributed by atoms with Gasteiger partial charge in [0.1, 0.15) is 6.04 Å². The Kier molecular flexibility index (Phi) is 6.83. The molecule has 0 spiro atoms. The van der Waals surface area contributed by atoms with E-state index in [4.69, 9.17) is 0 Å². The molecular formula is C20H27N3O5S2. The van der Waals surface area contributed by atoms with Gasteiger partial charge in [-0.15, -0.1) is 0 Å². The zero-order chi connectivity index (χ0) is 22.9. The first-order valence-corrected chi connectivity index (χ1v) is 12.8. The lowest BCUT2D eigenvalue weighted by atomic mass is 10.1. The van der Waals surface area contributed by atoms with Crippen LogP contribution in [0.1, 0.15) is 18.1 Å². The van der Waals surface area contributed by atoms with Crippen molar-refractivity contribution in [1.29, 1.82) is 0 Å². The van der Waals surface area contributed by atoms with Crippen LogP contribution in [0.4, 0.5) is 17.1 Å². The Bertz CT molecular complexity index is 1160. The normalized spacial score (nSPS) is 12.9. The van der Waals surface area contributed by atoms with Gasteiger partial charge in [-0.2, -0.15) is 0 Å². The maximum atomic E-state index is 12.9. The van der Waals surface area contributed by atoms with E-state index in [1.807, 2.05) is 13.0 Å². The summed E-state index contributed by atoms with van der Waals surface area (Å²) in [5.41, 5.74) is 2.76. The Morgan fingerprint density at radius 1 is 0.967 bits per heavy atom. The molecular weight excluding hydrogens is 426 g/mol. The van der Waals surface area contributed by atoms with Crippen LogP contribution in [-0.2, 0) is 24.8 Å². The molecule has 8 nitrogen and oxygen atoms in total. The molecule has 0 aliphatic heterocycles. The number of carbonyl (C=O) groups excluding carboxylic acids is 1. The van der Waals surface area contributed by atoms with E-state index in [1.165, 1.54) is 20.0 Å². The molecule has 0 aromatic heterocycles. The molecule has 1 amide bonds. The van der Waals surface area contributed by atoms with Crippen LogP contribution in [0.25, 0.3) is 0 Å². The highest BCUT2D eigenvalue weighted by molar-refractivity contribution is 7.92. The van der Waals surface area contributed by atoms with Gasteiger partial charge in [-0.3, -0.25) is 13.4 Å². The van der Waals surface area contributed by atoms with E-state index < -0.39 is 32.0 Å². The molecule has 0 heterocycles. The monoisotopic (exact) mass is 453 g/mol. The van der Waals surface area contributed by atoms with Crippen molar-refractivity contribution in [3.8, 4) is 0 Å². The van der Waals surface area contributed by atoms with Crippen LogP contribution in [-0.4, -0.2) is 48.3 Å².